The summed E-state index contributed by atoms with van der Waals surface area (Å²) in [6.07, 6.45) is 22.6. The quantitative estimate of drug-likeness (QED) is 0.515. The van der Waals surface area contributed by atoms with Crippen molar-refractivity contribution in [2.45, 2.75) is 12.8 Å². The number of ketones is 4. The molecule has 5 heteroatoms. The number of hydrogen-bond donors (Lipinski definition) is 1. The zero-order chi connectivity index (χ0) is 20.5. The average molecular weight is 380 g/mol. The van der Waals surface area contributed by atoms with Crippen LogP contribution in [0.3, 0.4) is 0 Å². The van der Waals surface area contributed by atoms with Crippen molar-refractivity contribution in [2.24, 2.45) is 23.7 Å². The number of rotatable bonds is 0. The SMILES string of the molecule is C1=CCC=C1.CO.O=C1C=CC(=O)C2C3C=CC(C3)C12.O=C1C=CC(=O)C=C1. The van der Waals surface area contributed by atoms with Crippen molar-refractivity contribution in [3.8, 4) is 0 Å². The minimum absolute atomic E-state index is 0.0208. The number of carbonyl (C=O) groups excluding carboxylic acids is 4. The van der Waals surface area contributed by atoms with Gasteiger partial charge >= 0.3 is 0 Å². The fourth-order valence-electron chi connectivity index (χ4n) is 3.82. The molecule has 5 rings (SSSR count). The fourth-order valence-corrected chi connectivity index (χ4v) is 3.82. The molecule has 146 valence electrons. The molecule has 0 aromatic heterocycles. The van der Waals surface area contributed by atoms with E-state index in [0.29, 0.717) is 11.8 Å². The maximum Gasteiger partial charge on any atom is 0.178 e. The Kier molecular flexibility index (Phi) is 7.96. The summed E-state index contributed by atoms with van der Waals surface area (Å²) in [4.78, 5) is 43.6. The number of fused-ring (bicyclic) bond motifs is 5. The van der Waals surface area contributed by atoms with Gasteiger partial charge in [-0.3, -0.25) is 19.2 Å². The Morgan fingerprint density at radius 3 is 1.39 bits per heavy atom. The molecule has 28 heavy (non-hydrogen) atoms. The second kappa shape index (κ2) is 10.4. The molecule has 0 radical (unpaired) electrons. The van der Waals surface area contributed by atoms with Gasteiger partial charge in [0.1, 0.15) is 0 Å². The smallest absolute Gasteiger partial charge is 0.178 e. The molecule has 0 heterocycles. The first-order chi connectivity index (χ1) is 13.6. The number of aliphatic hydroxyl groups is 1. The lowest BCUT2D eigenvalue weighted by atomic mass is 9.75. The van der Waals surface area contributed by atoms with Gasteiger partial charge < -0.3 is 5.11 Å². The standard InChI is InChI=1S/C11H10O2.C6H4O2.C5H6.CH4O/c12-8-3-4-9(13)11-7-2-1-6(5-7)10(8)11;7-5-1-2-6(8)4-3-5;1-2-4-5-3-1;1-2/h1-4,6-7,10-11H,5H2;1-4H;1-4H,5H2;2H,1H3. The van der Waals surface area contributed by atoms with Gasteiger partial charge in [-0.05, 0) is 61.1 Å². The normalized spacial score (nSPS) is 29.6. The van der Waals surface area contributed by atoms with Crippen LogP contribution in [0.5, 0.6) is 0 Å². The Labute approximate surface area is 164 Å². The van der Waals surface area contributed by atoms with Crippen molar-refractivity contribution in [1.82, 2.24) is 0 Å². The van der Waals surface area contributed by atoms with Crippen molar-refractivity contribution >= 4 is 23.1 Å². The van der Waals surface area contributed by atoms with E-state index in [-0.39, 0.29) is 35.0 Å². The summed E-state index contributed by atoms with van der Waals surface area (Å²) in [7, 11) is 1.00. The molecule has 0 aromatic rings. The van der Waals surface area contributed by atoms with Crippen LogP contribution in [0, 0.1) is 23.7 Å². The Hall–Kier alpha value is -2.92. The van der Waals surface area contributed by atoms with Crippen LogP contribution in [-0.2, 0) is 19.2 Å². The Balaban J connectivity index is 0.000000160. The lowest BCUT2D eigenvalue weighted by Crippen LogP contribution is -2.34. The number of aliphatic hydroxyl groups excluding tert-OH is 1. The van der Waals surface area contributed by atoms with Gasteiger partial charge in [-0.25, -0.2) is 0 Å². The molecule has 4 atom stereocenters. The minimum Gasteiger partial charge on any atom is -0.400 e. The topological polar surface area (TPSA) is 88.5 Å². The summed E-state index contributed by atoms with van der Waals surface area (Å²) in [5.41, 5.74) is 0. The molecular formula is C23H24O5. The van der Waals surface area contributed by atoms with Gasteiger partial charge in [0.2, 0.25) is 0 Å². The largest absolute Gasteiger partial charge is 0.400 e. The molecule has 0 spiro atoms. The average Bonchev–Trinajstić information content (AvgIpc) is 3.48. The van der Waals surface area contributed by atoms with E-state index in [1.807, 2.05) is 0 Å². The van der Waals surface area contributed by atoms with E-state index in [1.54, 1.807) is 0 Å². The van der Waals surface area contributed by atoms with Crippen molar-refractivity contribution in [1.29, 1.82) is 0 Å². The van der Waals surface area contributed by atoms with Gasteiger partial charge in [-0.2, -0.15) is 0 Å². The summed E-state index contributed by atoms with van der Waals surface area (Å²) in [5.74, 6) is 0.713. The second-order valence-corrected chi connectivity index (χ2v) is 6.70. The van der Waals surface area contributed by atoms with E-state index in [9.17, 15) is 19.2 Å². The van der Waals surface area contributed by atoms with Gasteiger partial charge in [-0.15, -0.1) is 0 Å². The first-order valence-corrected chi connectivity index (χ1v) is 9.21. The molecule has 5 aliphatic carbocycles. The van der Waals surface area contributed by atoms with Gasteiger partial charge in [0.25, 0.3) is 0 Å². The fraction of sp³-hybridized carbons (Fsp3) is 0.304. The summed E-state index contributed by atoms with van der Waals surface area (Å²) < 4.78 is 0. The lowest BCUT2D eigenvalue weighted by molar-refractivity contribution is -0.129. The van der Waals surface area contributed by atoms with Crippen LogP contribution < -0.4 is 0 Å². The van der Waals surface area contributed by atoms with Crippen LogP contribution in [0.1, 0.15) is 12.8 Å². The van der Waals surface area contributed by atoms with Crippen molar-refractivity contribution in [3.63, 3.8) is 0 Å². The molecule has 0 saturated heterocycles. The second-order valence-electron chi connectivity index (χ2n) is 6.70. The molecule has 5 aliphatic rings. The van der Waals surface area contributed by atoms with E-state index in [1.165, 1.54) is 36.5 Å². The first kappa shape index (κ1) is 21.4. The molecule has 5 nitrogen and oxygen atoms in total. The molecule has 2 bridgehead atoms. The van der Waals surface area contributed by atoms with Crippen LogP contribution in [0.2, 0.25) is 0 Å². The lowest BCUT2D eigenvalue weighted by Gasteiger charge is -2.26. The van der Waals surface area contributed by atoms with E-state index in [4.69, 9.17) is 5.11 Å². The van der Waals surface area contributed by atoms with Crippen molar-refractivity contribution < 1.29 is 24.3 Å². The maximum absolute atomic E-state index is 11.5. The van der Waals surface area contributed by atoms with Gasteiger partial charge in [0, 0.05) is 18.9 Å². The zero-order valence-corrected chi connectivity index (χ0v) is 15.7. The predicted octanol–water partition coefficient (Wildman–Crippen LogP) is 2.49. The van der Waals surface area contributed by atoms with E-state index < -0.39 is 0 Å². The summed E-state index contributed by atoms with van der Waals surface area (Å²) in [6.45, 7) is 0. The maximum atomic E-state index is 11.5. The molecule has 0 aliphatic heterocycles. The van der Waals surface area contributed by atoms with Crippen molar-refractivity contribution in [2.75, 3.05) is 7.11 Å². The Bertz CT molecular complexity index is 727. The summed E-state index contributed by atoms with van der Waals surface area (Å²) >= 11 is 0. The highest BCUT2D eigenvalue weighted by atomic mass is 16.2. The van der Waals surface area contributed by atoms with Crippen LogP contribution in [-0.4, -0.2) is 35.3 Å². The molecular weight excluding hydrogens is 356 g/mol. The third kappa shape index (κ3) is 5.30. The predicted molar refractivity (Wildman–Crippen MR) is 106 cm³/mol. The number of allylic oxidation sites excluding steroid dienone is 12. The van der Waals surface area contributed by atoms with Crippen LogP contribution in [0.15, 0.2) is 72.9 Å². The van der Waals surface area contributed by atoms with Crippen LogP contribution in [0.4, 0.5) is 0 Å². The number of hydrogen-bond acceptors (Lipinski definition) is 5. The van der Waals surface area contributed by atoms with Crippen molar-refractivity contribution in [3.05, 3.63) is 72.9 Å². The minimum atomic E-state index is -0.121. The molecule has 4 unspecified atom stereocenters. The van der Waals surface area contributed by atoms with Crippen LogP contribution in [0.25, 0.3) is 0 Å². The Morgan fingerprint density at radius 1 is 0.679 bits per heavy atom. The van der Waals surface area contributed by atoms with E-state index in [0.717, 1.165) is 20.0 Å². The van der Waals surface area contributed by atoms with Gasteiger partial charge in [-0.1, -0.05) is 36.5 Å². The highest BCUT2D eigenvalue weighted by Crippen LogP contribution is 2.50. The third-order valence-electron chi connectivity index (χ3n) is 5.01. The highest BCUT2D eigenvalue weighted by molar-refractivity contribution is 6.14. The molecule has 0 amide bonds. The Morgan fingerprint density at radius 2 is 1.07 bits per heavy atom. The van der Waals surface area contributed by atoms with Gasteiger partial charge in [0.05, 0.1) is 0 Å². The van der Waals surface area contributed by atoms with Crippen LogP contribution >= 0.6 is 0 Å². The summed E-state index contributed by atoms with van der Waals surface area (Å²) in [5, 5.41) is 7.00. The first-order valence-electron chi connectivity index (χ1n) is 9.21. The molecule has 0 aromatic carbocycles. The molecule has 1 saturated carbocycles. The van der Waals surface area contributed by atoms with E-state index >= 15 is 0 Å². The summed E-state index contributed by atoms with van der Waals surface area (Å²) in [6, 6.07) is 0. The zero-order valence-electron chi connectivity index (χ0n) is 15.7. The molecule has 1 N–H and O–H groups in total. The van der Waals surface area contributed by atoms with Gasteiger partial charge in [0.15, 0.2) is 23.1 Å². The number of carbonyl (C=O) groups is 4. The van der Waals surface area contributed by atoms with E-state index in [2.05, 4.69) is 36.5 Å². The molecule has 1 fully saturated rings. The highest BCUT2D eigenvalue weighted by Gasteiger charge is 2.51. The third-order valence-corrected chi connectivity index (χ3v) is 5.01. The monoisotopic (exact) mass is 380 g/mol.